The fraction of sp³-hybridized carbons (Fsp3) is 0.471. The summed E-state index contributed by atoms with van der Waals surface area (Å²) < 4.78 is 30.6. The number of hydrogen-bond donors (Lipinski definition) is 1. The van der Waals surface area contributed by atoms with Crippen molar-refractivity contribution in [2.75, 3.05) is 26.0 Å². The molecule has 2 aliphatic rings. The third-order valence-corrected chi connectivity index (χ3v) is 5.08. The number of likely N-dealkylation sites (tertiary alicyclic amines) is 1. The monoisotopic (exact) mass is 350 g/mol. The first-order chi connectivity index (χ1) is 11.4. The van der Waals surface area contributed by atoms with Gasteiger partial charge in [0.25, 0.3) is 0 Å². The maximum atomic E-state index is 12.3. The van der Waals surface area contributed by atoms with E-state index in [0.29, 0.717) is 25.9 Å². The molecule has 0 spiro atoms. The maximum absolute atomic E-state index is 12.3. The Morgan fingerprint density at radius 2 is 2.08 bits per heavy atom. The Hall–Kier alpha value is -1.86. The van der Waals surface area contributed by atoms with Crippen LogP contribution in [0, 0.1) is 0 Å². The van der Waals surface area contributed by atoms with Crippen molar-refractivity contribution in [1.82, 2.24) is 9.62 Å². The molecule has 2 heterocycles. The predicted molar refractivity (Wildman–Crippen MR) is 92.3 cm³/mol. The molecule has 0 radical (unpaired) electrons. The highest BCUT2D eigenvalue weighted by Gasteiger charge is 2.23. The largest absolute Gasteiger partial charge is 0.493 e. The molecule has 1 saturated heterocycles. The molecule has 0 atom stereocenters. The van der Waals surface area contributed by atoms with Crippen LogP contribution in [0.5, 0.6) is 5.75 Å². The molecule has 2 aliphatic heterocycles. The number of sulfonamides is 1. The lowest BCUT2D eigenvalue weighted by molar-refractivity contribution is -0.126. The van der Waals surface area contributed by atoms with Gasteiger partial charge in [-0.05, 0) is 42.2 Å². The summed E-state index contributed by atoms with van der Waals surface area (Å²) in [5.41, 5.74) is 2.17. The van der Waals surface area contributed by atoms with E-state index in [4.69, 9.17) is 4.74 Å². The second-order valence-corrected chi connectivity index (χ2v) is 8.07. The van der Waals surface area contributed by atoms with Crippen LogP contribution in [0.4, 0.5) is 0 Å². The lowest BCUT2D eigenvalue weighted by atomic mass is 10.1. The van der Waals surface area contributed by atoms with Crippen molar-refractivity contribution in [3.05, 3.63) is 35.4 Å². The van der Waals surface area contributed by atoms with Crippen LogP contribution in [-0.2, 0) is 21.2 Å². The average molecular weight is 350 g/mol. The van der Waals surface area contributed by atoms with Gasteiger partial charge in [-0.1, -0.05) is 6.07 Å². The Kier molecular flexibility index (Phi) is 4.91. The highest BCUT2D eigenvalue weighted by Crippen LogP contribution is 2.26. The number of benzene rings is 1. The summed E-state index contributed by atoms with van der Waals surface area (Å²) in [6, 6.07) is 5.85. The number of carbonyl (C=O) groups is 1. The Morgan fingerprint density at radius 1 is 1.33 bits per heavy atom. The van der Waals surface area contributed by atoms with Crippen molar-refractivity contribution in [3.8, 4) is 5.75 Å². The van der Waals surface area contributed by atoms with E-state index in [1.54, 1.807) is 11.0 Å². The minimum atomic E-state index is -3.19. The van der Waals surface area contributed by atoms with Gasteiger partial charge in [-0.2, -0.15) is 0 Å². The van der Waals surface area contributed by atoms with Gasteiger partial charge in [0.1, 0.15) is 5.75 Å². The summed E-state index contributed by atoms with van der Waals surface area (Å²) >= 11 is 0. The number of fused-ring (bicyclic) bond motifs is 1. The summed E-state index contributed by atoms with van der Waals surface area (Å²) in [4.78, 5) is 14.0. The molecular formula is C17H22N2O4S. The van der Waals surface area contributed by atoms with Crippen molar-refractivity contribution in [2.24, 2.45) is 0 Å². The molecule has 0 unspecified atom stereocenters. The van der Waals surface area contributed by atoms with Gasteiger partial charge in [0, 0.05) is 31.6 Å². The molecule has 1 fully saturated rings. The zero-order valence-corrected chi connectivity index (χ0v) is 14.5. The SMILES string of the molecule is CS(=O)(=O)NC1CCN(C(=O)/C=C\c2ccc3c(c2)CCO3)CC1. The van der Waals surface area contributed by atoms with Crippen LogP contribution in [0.2, 0.25) is 0 Å². The molecule has 0 saturated carbocycles. The number of hydrogen-bond acceptors (Lipinski definition) is 4. The first kappa shape index (κ1) is 17.0. The Morgan fingerprint density at radius 3 is 2.79 bits per heavy atom. The van der Waals surface area contributed by atoms with Crippen LogP contribution in [0.25, 0.3) is 6.08 Å². The highest BCUT2D eigenvalue weighted by molar-refractivity contribution is 7.88. The Labute approximate surface area is 142 Å². The van der Waals surface area contributed by atoms with E-state index in [2.05, 4.69) is 4.72 Å². The van der Waals surface area contributed by atoms with Crippen molar-refractivity contribution in [3.63, 3.8) is 0 Å². The molecule has 1 aromatic rings. The second kappa shape index (κ2) is 6.94. The highest BCUT2D eigenvalue weighted by atomic mass is 32.2. The summed E-state index contributed by atoms with van der Waals surface area (Å²) in [5.74, 6) is 0.892. The van der Waals surface area contributed by atoms with Gasteiger partial charge in [0.05, 0.1) is 12.9 Å². The molecule has 1 aromatic carbocycles. The van der Waals surface area contributed by atoms with E-state index in [1.807, 2.05) is 24.3 Å². The third kappa shape index (κ3) is 4.36. The molecule has 24 heavy (non-hydrogen) atoms. The topological polar surface area (TPSA) is 75.7 Å². The molecule has 130 valence electrons. The van der Waals surface area contributed by atoms with E-state index in [0.717, 1.165) is 30.6 Å². The van der Waals surface area contributed by atoms with Gasteiger partial charge in [-0.3, -0.25) is 4.79 Å². The number of ether oxygens (including phenoxy) is 1. The smallest absolute Gasteiger partial charge is 0.246 e. The van der Waals surface area contributed by atoms with Crippen molar-refractivity contribution in [2.45, 2.75) is 25.3 Å². The minimum absolute atomic E-state index is 0.0374. The van der Waals surface area contributed by atoms with Crippen LogP contribution in [0.15, 0.2) is 24.3 Å². The van der Waals surface area contributed by atoms with Crippen molar-refractivity contribution < 1.29 is 17.9 Å². The molecule has 0 bridgehead atoms. The van der Waals surface area contributed by atoms with E-state index in [-0.39, 0.29) is 11.9 Å². The minimum Gasteiger partial charge on any atom is -0.493 e. The van der Waals surface area contributed by atoms with Crippen LogP contribution in [0.3, 0.4) is 0 Å². The lowest BCUT2D eigenvalue weighted by Gasteiger charge is -2.31. The van der Waals surface area contributed by atoms with Gasteiger partial charge in [-0.25, -0.2) is 13.1 Å². The zero-order chi connectivity index (χ0) is 17.2. The first-order valence-corrected chi connectivity index (χ1v) is 10.00. The molecule has 0 aliphatic carbocycles. The van der Waals surface area contributed by atoms with E-state index in [9.17, 15) is 13.2 Å². The van der Waals surface area contributed by atoms with Gasteiger partial charge in [-0.15, -0.1) is 0 Å². The number of piperidine rings is 1. The zero-order valence-electron chi connectivity index (χ0n) is 13.7. The summed E-state index contributed by atoms with van der Waals surface area (Å²) in [5, 5.41) is 0. The lowest BCUT2D eigenvalue weighted by Crippen LogP contribution is -2.45. The fourth-order valence-electron chi connectivity index (χ4n) is 3.10. The van der Waals surface area contributed by atoms with Crippen LogP contribution in [0.1, 0.15) is 24.0 Å². The normalized spacial score (nSPS) is 18.6. The van der Waals surface area contributed by atoms with Crippen molar-refractivity contribution >= 4 is 22.0 Å². The van der Waals surface area contributed by atoms with E-state index in [1.165, 1.54) is 5.56 Å². The average Bonchev–Trinajstić information content (AvgIpc) is 2.99. The number of nitrogens with zero attached hydrogens (tertiary/aromatic N) is 1. The molecule has 7 heteroatoms. The first-order valence-electron chi connectivity index (χ1n) is 8.11. The van der Waals surface area contributed by atoms with Gasteiger partial charge >= 0.3 is 0 Å². The van der Waals surface area contributed by atoms with Crippen LogP contribution >= 0.6 is 0 Å². The van der Waals surface area contributed by atoms with Crippen LogP contribution < -0.4 is 9.46 Å². The van der Waals surface area contributed by atoms with Gasteiger partial charge in [0.15, 0.2) is 0 Å². The molecule has 3 rings (SSSR count). The maximum Gasteiger partial charge on any atom is 0.246 e. The fourth-order valence-corrected chi connectivity index (χ4v) is 3.94. The quantitative estimate of drug-likeness (QED) is 0.827. The van der Waals surface area contributed by atoms with Crippen molar-refractivity contribution in [1.29, 1.82) is 0 Å². The summed E-state index contributed by atoms with van der Waals surface area (Å²) in [7, 11) is -3.19. The second-order valence-electron chi connectivity index (χ2n) is 6.29. The van der Waals surface area contributed by atoms with Crippen LogP contribution in [-0.4, -0.2) is 51.2 Å². The Bertz CT molecular complexity index is 750. The predicted octanol–water partition coefficient (Wildman–Crippen LogP) is 1.17. The van der Waals surface area contributed by atoms with Gasteiger partial charge in [0.2, 0.25) is 15.9 Å². The molecule has 1 amide bonds. The number of nitrogens with one attached hydrogen (secondary N) is 1. The number of carbonyl (C=O) groups excluding carboxylic acids is 1. The number of amides is 1. The van der Waals surface area contributed by atoms with E-state index < -0.39 is 10.0 Å². The molecule has 0 aromatic heterocycles. The molecule has 6 nitrogen and oxygen atoms in total. The molecular weight excluding hydrogens is 328 g/mol. The van der Waals surface area contributed by atoms with E-state index >= 15 is 0 Å². The molecule has 1 N–H and O–H groups in total. The summed E-state index contributed by atoms with van der Waals surface area (Å²) in [6.45, 7) is 1.85. The number of rotatable bonds is 4. The summed E-state index contributed by atoms with van der Waals surface area (Å²) in [6.07, 6.45) is 6.76. The standard InChI is InChI=1S/C17H22N2O4S/c1-24(21,22)18-15-6-9-19(10-7-15)17(20)5-3-13-2-4-16-14(12-13)8-11-23-16/h2-5,12,15,18H,6-11H2,1H3/b5-3-. The third-order valence-electron chi connectivity index (χ3n) is 4.32. The van der Waals surface area contributed by atoms with Gasteiger partial charge < -0.3 is 9.64 Å². The Balaban J connectivity index is 1.54.